The number of nitrogens with one attached hydrogen (secondary N) is 1. The van der Waals surface area contributed by atoms with Crippen LogP contribution in [-0.2, 0) is 11.3 Å². The molecule has 1 aromatic heterocycles. The Morgan fingerprint density at radius 1 is 1.35 bits per heavy atom. The van der Waals surface area contributed by atoms with E-state index in [9.17, 15) is 4.79 Å². The third-order valence-electron chi connectivity index (χ3n) is 3.28. The van der Waals surface area contributed by atoms with Crippen molar-refractivity contribution in [1.82, 2.24) is 9.88 Å². The third-order valence-corrected chi connectivity index (χ3v) is 3.51. The molecule has 0 atom stereocenters. The van der Waals surface area contributed by atoms with Crippen LogP contribution in [-0.4, -0.2) is 36.5 Å². The van der Waals surface area contributed by atoms with Crippen molar-refractivity contribution >= 4 is 23.3 Å². The van der Waals surface area contributed by atoms with Crippen molar-refractivity contribution in [3.8, 4) is 5.75 Å². The lowest BCUT2D eigenvalue weighted by Crippen LogP contribution is -2.30. The van der Waals surface area contributed by atoms with Gasteiger partial charge in [-0.25, -0.2) is 4.98 Å². The van der Waals surface area contributed by atoms with Gasteiger partial charge < -0.3 is 10.1 Å². The summed E-state index contributed by atoms with van der Waals surface area (Å²) in [4.78, 5) is 18.0. The lowest BCUT2D eigenvalue weighted by Gasteiger charge is -2.18. The highest BCUT2D eigenvalue weighted by atomic mass is 35.5. The summed E-state index contributed by atoms with van der Waals surface area (Å²) in [5.74, 6) is 1.18. The minimum absolute atomic E-state index is 0.131. The zero-order valence-electron chi connectivity index (χ0n) is 13.5. The smallest absolute Gasteiger partial charge is 0.239 e. The van der Waals surface area contributed by atoms with Crippen LogP contribution < -0.4 is 10.1 Å². The van der Waals surface area contributed by atoms with Gasteiger partial charge in [-0.2, -0.15) is 0 Å². The molecule has 2 rings (SSSR count). The average molecular weight is 334 g/mol. The zero-order chi connectivity index (χ0) is 16.8. The van der Waals surface area contributed by atoms with Crippen LogP contribution in [0.2, 0.25) is 5.02 Å². The Labute approximate surface area is 141 Å². The fourth-order valence-corrected chi connectivity index (χ4v) is 2.37. The Morgan fingerprint density at radius 3 is 2.78 bits per heavy atom. The predicted molar refractivity (Wildman–Crippen MR) is 91.9 cm³/mol. The van der Waals surface area contributed by atoms with Crippen molar-refractivity contribution in [3.63, 3.8) is 0 Å². The summed E-state index contributed by atoms with van der Waals surface area (Å²) in [6.45, 7) is 2.90. The van der Waals surface area contributed by atoms with Gasteiger partial charge in [0.05, 0.1) is 18.7 Å². The van der Waals surface area contributed by atoms with Crippen LogP contribution >= 0.6 is 11.6 Å². The summed E-state index contributed by atoms with van der Waals surface area (Å²) in [5.41, 5.74) is 2.21. The summed E-state index contributed by atoms with van der Waals surface area (Å²) >= 11 is 5.77. The maximum absolute atomic E-state index is 12.1. The van der Waals surface area contributed by atoms with Crippen LogP contribution in [0.1, 0.15) is 11.1 Å². The van der Waals surface area contributed by atoms with E-state index in [-0.39, 0.29) is 12.5 Å². The molecule has 5 nitrogen and oxygen atoms in total. The molecule has 1 amide bonds. The van der Waals surface area contributed by atoms with E-state index in [4.69, 9.17) is 16.3 Å². The Balaban J connectivity index is 1.93. The van der Waals surface area contributed by atoms with E-state index in [0.717, 1.165) is 16.9 Å². The SMILES string of the molecule is COc1ccc(C)cc1CN(C)CC(=O)Nc1ccc(Cl)cn1. The standard InChI is InChI=1S/C17H20ClN3O2/c1-12-4-6-15(23-3)13(8-12)10-21(2)11-17(22)20-16-7-5-14(18)9-19-16/h4-9H,10-11H2,1-3H3,(H,19,20,22). The summed E-state index contributed by atoms with van der Waals surface area (Å²) < 4.78 is 5.36. The van der Waals surface area contributed by atoms with E-state index >= 15 is 0 Å². The molecule has 0 saturated carbocycles. The molecule has 0 bridgehead atoms. The fraction of sp³-hybridized carbons (Fsp3) is 0.294. The van der Waals surface area contributed by atoms with Crippen LogP contribution in [0.15, 0.2) is 36.5 Å². The first-order chi connectivity index (χ1) is 11.0. The van der Waals surface area contributed by atoms with Crippen LogP contribution in [0.25, 0.3) is 0 Å². The highest BCUT2D eigenvalue weighted by Gasteiger charge is 2.11. The number of hydrogen-bond acceptors (Lipinski definition) is 4. The minimum atomic E-state index is -0.131. The number of methoxy groups -OCH3 is 1. The summed E-state index contributed by atoms with van der Waals surface area (Å²) in [6, 6.07) is 9.36. The molecule has 0 aliphatic rings. The number of likely N-dealkylation sites (N-methyl/N-ethyl adjacent to an activating group) is 1. The number of carbonyl (C=O) groups excluding carboxylic acids is 1. The van der Waals surface area contributed by atoms with Crippen molar-refractivity contribution in [2.75, 3.05) is 26.0 Å². The fourth-order valence-electron chi connectivity index (χ4n) is 2.25. The molecular formula is C17H20ClN3O2. The minimum Gasteiger partial charge on any atom is -0.496 e. The third kappa shape index (κ3) is 5.23. The number of anilines is 1. The van der Waals surface area contributed by atoms with Gasteiger partial charge in [0.2, 0.25) is 5.91 Å². The molecule has 0 spiro atoms. The van der Waals surface area contributed by atoms with Crippen molar-refractivity contribution in [3.05, 3.63) is 52.7 Å². The van der Waals surface area contributed by atoms with E-state index in [1.165, 1.54) is 6.20 Å². The number of carbonyl (C=O) groups is 1. The molecule has 2 aromatic rings. The topological polar surface area (TPSA) is 54.5 Å². The van der Waals surface area contributed by atoms with Crippen molar-refractivity contribution in [2.24, 2.45) is 0 Å². The lowest BCUT2D eigenvalue weighted by atomic mass is 10.1. The van der Waals surface area contributed by atoms with Crippen molar-refractivity contribution in [2.45, 2.75) is 13.5 Å². The largest absolute Gasteiger partial charge is 0.496 e. The van der Waals surface area contributed by atoms with Crippen LogP contribution in [0.4, 0.5) is 5.82 Å². The number of pyridine rings is 1. The second kappa shape index (κ2) is 7.94. The quantitative estimate of drug-likeness (QED) is 0.882. The van der Waals surface area contributed by atoms with Gasteiger partial charge in [-0.3, -0.25) is 9.69 Å². The molecule has 0 unspecified atom stereocenters. The van der Waals surface area contributed by atoms with E-state index in [1.807, 2.05) is 31.0 Å². The van der Waals surface area contributed by atoms with Gasteiger partial charge in [0.1, 0.15) is 11.6 Å². The molecule has 23 heavy (non-hydrogen) atoms. The van der Waals surface area contributed by atoms with Gasteiger partial charge in [0, 0.05) is 18.3 Å². The number of amides is 1. The molecule has 6 heteroatoms. The molecule has 0 saturated heterocycles. The van der Waals surface area contributed by atoms with Gasteiger partial charge in [0.15, 0.2) is 0 Å². The molecule has 1 N–H and O–H groups in total. The monoisotopic (exact) mass is 333 g/mol. The summed E-state index contributed by atoms with van der Waals surface area (Å²) in [6.07, 6.45) is 1.50. The maximum Gasteiger partial charge on any atom is 0.239 e. The molecule has 1 heterocycles. The van der Waals surface area contributed by atoms with Gasteiger partial charge in [-0.15, -0.1) is 0 Å². The molecule has 0 radical (unpaired) electrons. The number of benzene rings is 1. The molecule has 122 valence electrons. The Morgan fingerprint density at radius 2 is 2.13 bits per heavy atom. The number of nitrogens with zero attached hydrogens (tertiary/aromatic N) is 2. The van der Waals surface area contributed by atoms with E-state index in [1.54, 1.807) is 19.2 Å². The van der Waals surface area contributed by atoms with Crippen molar-refractivity contribution < 1.29 is 9.53 Å². The second-order valence-corrected chi connectivity index (χ2v) is 5.83. The molecule has 1 aromatic carbocycles. The first-order valence-electron chi connectivity index (χ1n) is 7.21. The lowest BCUT2D eigenvalue weighted by molar-refractivity contribution is -0.117. The second-order valence-electron chi connectivity index (χ2n) is 5.40. The van der Waals surface area contributed by atoms with Gasteiger partial charge in [-0.05, 0) is 32.2 Å². The number of ether oxygens (including phenoxy) is 1. The van der Waals surface area contributed by atoms with E-state index in [0.29, 0.717) is 17.4 Å². The molecule has 0 aliphatic carbocycles. The first kappa shape index (κ1) is 17.2. The highest BCUT2D eigenvalue weighted by Crippen LogP contribution is 2.21. The average Bonchev–Trinajstić information content (AvgIpc) is 2.49. The molecular weight excluding hydrogens is 314 g/mol. The van der Waals surface area contributed by atoms with E-state index in [2.05, 4.69) is 16.4 Å². The summed E-state index contributed by atoms with van der Waals surface area (Å²) in [7, 11) is 3.53. The Hall–Kier alpha value is -2.11. The number of aryl methyl sites for hydroxylation is 1. The zero-order valence-corrected chi connectivity index (χ0v) is 14.2. The number of aromatic nitrogens is 1. The highest BCUT2D eigenvalue weighted by molar-refractivity contribution is 6.30. The molecule has 0 fully saturated rings. The van der Waals surface area contributed by atoms with Gasteiger partial charge in [0.25, 0.3) is 0 Å². The Bertz CT molecular complexity index is 674. The van der Waals surface area contributed by atoms with Crippen LogP contribution in [0.5, 0.6) is 5.75 Å². The van der Waals surface area contributed by atoms with Gasteiger partial charge in [-0.1, -0.05) is 29.3 Å². The van der Waals surface area contributed by atoms with Gasteiger partial charge >= 0.3 is 0 Å². The van der Waals surface area contributed by atoms with Crippen LogP contribution in [0, 0.1) is 6.92 Å². The number of halogens is 1. The summed E-state index contributed by atoms with van der Waals surface area (Å²) in [5, 5.41) is 3.28. The van der Waals surface area contributed by atoms with Crippen molar-refractivity contribution in [1.29, 1.82) is 0 Å². The Kier molecular flexibility index (Phi) is 5.96. The number of hydrogen-bond donors (Lipinski definition) is 1. The normalized spacial score (nSPS) is 10.7. The number of rotatable bonds is 6. The first-order valence-corrected chi connectivity index (χ1v) is 7.59. The van der Waals surface area contributed by atoms with E-state index < -0.39 is 0 Å². The predicted octanol–water partition coefficient (Wildman–Crippen LogP) is 3.12. The maximum atomic E-state index is 12.1. The van der Waals surface area contributed by atoms with Crippen LogP contribution in [0.3, 0.4) is 0 Å². The molecule has 0 aliphatic heterocycles.